The second-order valence-corrected chi connectivity index (χ2v) is 10.5. The summed E-state index contributed by atoms with van der Waals surface area (Å²) in [7, 11) is 1.44. The van der Waals surface area contributed by atoms with Crippen molar-refractivity contribution in [3.05, 3.63) is 56.6 Å². The Labute approximate surface area is 211 Å². The zero-order valence-corrected chi connectivity index (χ0v) is 21.3. The number of benzene rings is 1. The van der Waals surface area contributed by atoms with Gasteiger partial charge in [-0.05, 0) is 50.3 Å². The summed E-state index contributed by atoms with van der Waals surface area (Å²) >= 11 is 3.46. The molecule has 0 unspecified atom stereocenters. The Morgan fingerprint density at radius 2 is 1.89 bits per heavy atom. The van der Waals surface area contributed by atoms with E-state index in [9.17, 15) is 24.3 Å². The van der Waals surface area contributed by atoms with Gasteiger partial charge in [-0.2, -0.15) is 0 Å². The Balaban J connectivity index is 1.72. The molecule has 1 N–H and O–H groups in total. The molecule has 1 saturated heterocycles. The number of Topliss-reactive ketones (excluding diaryl/α,β-unsaturated/α-hetero) is 1. The molecule has 1 heterocycles. The molecule has 4 aliphatic rings. The van der Waals surface area contributed by atoms with Crippen molar-refractivity contribution < 1.29 is 29.0 Å². The summed E-state index contributed by atoms with van der Waals surface area (Å²) in [6.07, 6.45) is 4.56. The lowest BCUT2D eigenvalue weighted by atomic mass is 9.59. The van der Waals surface area contributed by atoms with Gasteiger partial charge in [0.05, 0.1) is 18.9 Å². The zero-order chi connectivity index (χ0) is 25.2. The van der Waals surface area contributed by atoms with Gasteiger partial charge in [-0.1, -0.05) is 34.5 Å². The average molecular weight is 540 g/mol. The Morgan fingerprint density at radius 1 is 1.14 bits per heavy atom. The van der Waals surface area contributed by atoms with E-state index in [-0.39, 0.29) is 41.3 Å². The molecule has 5 rings (SSSR count). The van der Waals surface area contributed by atoms with E-state index in [1.54, 1.807) is 19.1 Å². The Bertz CT molecular complexity index is 1290. The number of ketones is 2. The van der Waals surface area contributed by atoms with Crippen molar-refractivity contribution in [3.8, 4) is 11.5 Å². The quantitative estimate of drug-likeness (QED) is 0.352. The maximum Gasteiger partial charge on any atom is 0.233 e. The normalized spacial score (nSPS) is 27.9. The Kier molecular flexibility index (Phi) is 5.82. The van der Waals surface area contributed by atoms with Crippen LogP contribution in [0.5, 0.6) is 11.5 Å². The fraction of sp³-hybridized carbons (Fsp3) is 0.407. The van der Waals surface area contributed by atoms with Crippen LogP contribution in [-0.4, -0.2) is 47.0 Å². The number of carbonyl (C=O) groups is 4. The third kappa shape index (κ3) is 3.44. The van der Waals surface area contributed by atoms with Crippen LogP contribution in [0.2, 0.25) is 0 Å². The largest absolute Gasteiger partial charge is 0.504 e. The van der Waals surface area contributed by atoms with Gasteiger partial charge in [0.1, 0.15) is 0 Å². The van der Waals surface area contributed by atoms with Gasteiger partial charge in [-0.25, -0.2) is 0 Å². The van der Waals surface area contributed by atoms with Crippen LogP contribution in [-0.2, 0) is 19.2 Å². The highest BCUT2D eigenvalue weighted by molar-refractivity contribution is 9.10. The lowest BCUT2D eigenvalue weighted by molar-refractivity contribution is -0.140. The minimum Gasteiger partial charge on any atom is -0.504 e. The lowest BCUT2D eigenvalue weighted by Gasteiger charge is -2.42. The summed E-state index contributed by atoms with van der Waals surface area (Å²) < 4.78 is 5.99. The van der Waals surface area contributed by atoms with Crippen LogP contribution in [0.4, 0.5) is 0 Å². The molecule has 1 aliphatic heterocycles. The van der Waals surface area contributed by atoms with E-state index in [0.717, 1.165) is 5.57 Å². The number of halogens is 1. The van der Waals surface area contributed by atoms with Gasteiger partial charge >= 0.3 is 0 Å². The number of likely N-dealkylation sites (tertiary alicyclic amines) is 1. The predicted octanol–water partition coefficient (Wildman–Crippen LogP) is 4.00. The van der Waals surface area contributed by atoms with Gasteiger partial charge in [0.25, 0.3) is 0 Å². The van der Waals surface area contributed by atoms with E-state index in [1.807, 2.05) is 13.0 Å². The summed E-state index contributed by atoms with van der Waals surface area (Å²) in [6.45, 7) is 3.90. The zero-order valence-electron chi connectivity index (χ0n) is 19.8. The molecule has 0 bridgehead atoms. The monoisotopic (exact) mass is 539 g/mol. The number of carbonyl (C=O) groups excluding carboxylic acids is 4. The van der Waals surface area contributed by atoms with Crippen LogP contribution < -0.4 is 4.74 Å². The first kappa shape index (κ1) is 23.7. The van der Waals surface area contributed by atoms with E-state index in [0.29, 0.717) is 46.1 Å². The molecule has 35 heavy (non-hydrogen) atoms. The molecule has 1 aromatic carbocycles. The molecule has 0 radical (unpaired) electrons. The van der Waals surface area contributed by atoms with E-state index < -0.39 is 23.7 Å². The van der Waals surface area contributed by atoms with E-state index in [4.69, 9.17) is 4.74 Å². The number of ether oxygens (including phenoxy) is 1. The summed E-state index contributed by atoms with van der Waals surface area (Å²) in [5, 5.41) is 11.1. The van der Waals surface area contributed by atoms with Crippen molar-refractivity contribution in [1.82, 2.24) is 4.90 Å². The van der Waals surface area contributed by atoms with Gasteiger partial charge in [-0.3, -0.25) is 24.1 Å². The number of aromatic hydroxyl groups is 1. The number of fused-ring (bicyclic) bond motifs is 3. The van der Waals surface area contributed by atoms with E-state index in [1.165, 1.54) is 18.1 Å². The maximum absolute atomic E-state index is 13.5. The third-order valence-corrected chi connectivity index (χ3v) is 8.16. The molecular weight excluding hydrogens is 514 g/mol. The fourth-order valence-electron chi connectivity index (χ4n) is 6.22. The molecule has 8 heteroatoms. The molecule has 1 aromatic rings. The number of hydrogen-bond acceptors (Lipinski definition) is 6. The minimum absolute atomic E-state index is 0.121. The fourth-order valence-corrected chi connectivity index (χ4v) is 6.67. The number of methoxy groups -OCH3 is 1. The number of amides is 2. The molecule has 1 fully saturated rings. The SMILES string of the molecule is CCCN1C(=O)[C@H]2[C@H](CC=C3[C@H](c4cc(Br)cc(OC)c4O)C4=C(C[C@H]32)C(=O)C(C)=CC4=O)C1=O. The Morgan fingerprint density at radius 3 is 2.57 bits per heavy atom. The van der Waals surface area contributed by atoms with Crippen molar-refractivity contribution in [2.24, 2.45) is 17.8 Å². The van der Waals surface area contributed by atoms with E-state index >= 15 is 0 Å². The smallest absolute Gasteiger partial charge is 0.233 e. The molecule has 182 valence electrons. The standard InChI is InChI=1S/C27H26BrNO6/c1-4-7-29-26(33)15-6-5-14-16(22(15)27(29)34)11-18-23(19(30)8-12(2)24(18)31)21(14)17-9-13(28)10-20(35-3)25(17)32/h5,8-10,15-16,21-22,32H,4,6-7,11H2,1-3H3/t15-,16+,21+,22-/m0/s1. The van der Waals surface area contributed by atoms with Gasteiger partial charge < -0.3 is 9.84 Å². The number of nitrogens with zero attached hydrogens (tertiary/aromatic N) is 1. The maximum atomic E-state index is 13.5. The van der Waals surface area contributed by atoms with Crippen LogP contribution in [0.3, 0.4) is 0 Å². The molecule has 0 saturated carbocycles. The van der Waals surface area contributed by atoms with Crippen molar-refractivity contribution in [1.29, 1.82) is 0 Å². The average Bonchev–Trinajstić information content (AvgIpc) is 3.07. The highest BCUT2D eigenvalue weighted by atomic mass is 79.9. The lowest BCUT2D eigenvalue weighted by Crippen LogP contribution is -2.39. The third-order valence-electron chi connectivity index (χ3n) is 7.70. The first-order valence-electron chi connectivity index (χ1n) is 11.8. The molecule has 7 nitrogen and oxygen atoms in total. The van der Waals surface area contributed by atoms with Crippen LogP contribution in [0.25, 0.3) is 0 Å². The molecule has 2 amide bonds. The second kappa shape index (κ2) is 8.59. The predicted molar refractivity (Wildman–Crippen MR) is 131 cm³/mol. The minimum atomic E-state index is -0.722. The van der Waals surface area contributed by atoms with Crippen LogP contribution in [0.15, 0.2) is 51.0 Å². The highest BCUT2D eigenvalue weighted by Gasteiger charge is 2.56. The van der Waals surface area contributed by atoms with Gasteiger partial charge in [0, 0.05) is 39.2 Å². The van der Waals surface area contributed by atoms with Gasteiger partial charge in [0.15, 0.2) is 23.1 Å². The van der Waals surface area contributed by atoms with Crippen LogP contribution in [0, 0.1) is 17.8 Å². The van der Waals surface area contributed by atoms with Crippen molar-refractivity contribution >= 4 is 39.3 Å². The molecule has 3 aliphatic carbocycles. The first-order chi connectivity index (χ1) is 16.7. The Hall–Kier alpha value is -3.00. The first-order valence-corrected chi connectivity index (χ1v) is 12.6. The highest BCUT2D eigenvalue weighted by Crippen LogP contribution is 2.57. The summed E-state index contributed by atoms with van der Waals surface area (Å²) in [5.74, 6) is -2.96. The second-order valence-electron chi connectivity index (χ2n) is 9.60. The molecule has 4 atom stereocenters. The van der Waals surface area contributed by atoms with Crippen LogP contribution in [0.1, 0.15) is 44.6 Å². The summed E-state index contributed by atoms with van der Waals surface area (Å²) in [5.41, 5.74) is 2.28. The number of hydrogen-bond donors (Lipinski definition) is 1. The van der Waals surface area contributed by atoms with Crippen LogP contribution >= 0.6 is 15.9 Å². The van der Waals surface area contributed by atoms with E-state index in [2.05, 4.69) is 15.9 Å². The van der Waals surface area contributed by atoms with Crippen molar-refractivity contribution in [2.75, 3.05) is 13.7 Å². The summed E-state index contributed by atoms with van der Waals surface area (Å²) in [4.78, 5) is 54.5. The van der Waals surface area contributed by atoms with Crippen molar-refractivity contribution in [3.63, 3.8) is 0 Å². The number of rotatable bonds is 4. The van der Waals surface area contributed by atoms with Crippen molar-refractivity contribution in [2.45, 2.75) is 39.0 Å². The molecule has 0 spiro atoms. The van der Waals surface area contributed by atoms with Gasteiger partial charge in [-0.15, -0.1) is 0 Å². The number of phenols is 1. The number of imide groups is 1. The molecule has 0 aromatic heterocycles. The molecular formula is C27H26BrNO6. The number of allylic oxidation sites excluding steroid dienone is 6. The summed E-state index contributed by atoms with van der Waals surface area (Å²) in [6, 6.07) is 3.34. The number of phenolic OH excluding ortho intramolecular Hbond substituents is 1. The van der Waals surface area contributed by atoms with Gasteiger partial charge in [0.2, 0.25) is 11.8 Å². The topological polar surface area (TPSA) is 101 Å².